The van der Waals surface area contributed by atoms with Crippen LogP contribution in [0.2, 0.25) is 0 Å². The number of amides is 2. The number of benzene rings is 2. The van der Waals surface area contributed by atoms with Crippen molar-refractivity contribution in [1.29, 1.82) is 0 Å². The van der Waals surface area contributed by atoms with E-state index in [-0.39, 0.29) is 23.2 Å². The number of rotatable bonds is 2. The summed E-state index contributed by atoms with van der Waals surface area (Å²) in [6, 6.07) is 10.1. The lowest BCUT2D eigenvalue weighted by atomic mass is 10.0. The largest absolute Gasteiger partial charge is 0.339 e. The molecule has 2 aromatic carbocycles. The highest BCUT2D eigenvalue weighted by Crippen LogP contribution is 2.23. The maximum Gasteiger partial charge on any atom is 0.256 e. The van der Waals surface area contributed by atoms with Crippen LogP contribution in [0, 0.1) is 11.6 Å². The number of hydrogen-bond acceptors (Lipinski definition) is 2. The highest BCUT2D eigenvalue weighted by atomic mass is 19.1. The van der Waals surface area contributed by atoms with Gasteiger partial charge in [0.05, 0.1) is 5.56 Å². The van der Waals surface area contributed by atoms with E-state index in [1.165, 1.54) is 31.2 Å². The second-order valence-corrected chi connectivity index (χ2v) is 6.00. The molecule has 0 spiro atoms. The predicted molar refractivity (Wildman–Crippen MR) is 90.0 cm³/mol. The van der Waals surface area contributed by atoms with Gasteiger partial charge in [0.15, 0.2) is 0 Å². The van der Waals surface area contributed by atoms with Crippen LogP contribution < -0.4 is 0 Å². The summed E-state index contributed by atoms with van der Waals surface area (Å²) in [4.78, 5) is 27.1. The summed E-state index contributed by atoms with van der Waals surface area (Å²) in [5.74, 6) is -1.38. The van der Waals surface area contributed by atoms with Crippen LogP contribution in [0.15, 0.2) is 42.5 Å². The third kappa shape index (κ3) is 3.68. The third-order valence-corrected chi connectivity index (χ3v) is 4.39. The quantitative estimate of drug-likeness (QED) is 0.840. The van der Waals surface area contributed by atoms with Gasteiger partial charge < -0.3 is 9.80 Å². The van der Waals surface area contributed by atoms with E-state index in [1.807, 2.05) is 0 Å². The zero-order valence-corrected chi connectivity index (χ0v) is 13.8. The first-order chi connectivity index (χ1) is 12.0. The van der Waals surface area contributed by atoms with E-state index in [0.717, 1.165) is 0 Å². The molecule has 0 aliphatic carbocycles. The minimum Gasteiger partial charge on any atom is -0.339 e. The lowest BCUT2D eigenvalue weighted by molar-refractivity contribution is -0.130. The number of halogens is 2. The van der Waals surface area contributed by atoms with Gasteiger partial charge in [-0.3, -0.25) is 9.59 Å². The van der Waals surface area contributed by atoms with Crippen molar-refractivity contribution in [1.82, 2.24) is 9.80 Å². The SMILES string of the molecule is CC(=O)N1CCN(C(=O)c2ccc(-c3ccc(F)cc3)cc2F)CC1. The Labute approximate surface area is 144 Å². The zero-order chi connectivity index (χ0) is 18.0. The van der Waals surface area contributed by atoms with Crippen LogP contribution in [0.25, 0.3) is 11.1 Å². The fourth-order valence-corrected chi connectivity index (χ4v) is 2.91. The van der Waals surface area contributed by atoms with Gasteiger partial charge in [-0.05, 0) is 35.4 Å². The zero-order valence-electron chi connectivity index (χ0n) is 13.8. The molecule has 0 aromatic heterocycles. The third-order valence-electron chi connectivity index (χ3n) is 4.39. The molecule has 1 heterocycles. The van der Waals surface area contributed by atoms with Gasteiger partial charge in [0.25, 0.3) is 5.91 Å². The van der Waals surface area contributed by atoms with E-state index in [4.69, 9.17) is 0 Å². The molecule has 130 valence electrons. The van der Waals surface area contributed by atoms with Crippen molar-refractivity contribution in [3.8, 4) is 11.1 Å². The summed E-state index contributed by atoms with van der Waals surface area (Å²) in [6.45, 7) is 3.17. The van der Waals surface area contributed by atoms with Crippen LogP contribution in [0.4, 0.5) is 8.78 Å². The van der Waals surface area contributed by atoms with Gasteiger partial charge in [-0.25, -0.2) is 8.78 Å². The molecule has 25 heavy (non-hydrogen) atoms. The van der Waals surface area contributed by atoms with E-state index < -0.39 is 5.82 Å². The van der Waals surface area contributed by atoms with E-state index >= 15 is 0 Å². The van der Waals surface area contributed by atoms with E-state index in [0.29, 0.717) is 37.3 Å². The van der Waals surface area contributed by atoms with E-state index in [9.17, 15) is 18.4 Å². The van der Waals surface area contributed by atoms with Gasteiger partial charge in [0, 0.05) is 33.1 Å². The number of carbonyl (C=O) groups excluding carboxylic acids is 2. The molecular formula is C19H18F2N2O2. The first-order valence-corrected chi connectivity index (χ1v) is 8.06. The highest BCUT2D eigenvalue weighted by Gasteiger charge is 2.25. The molecule has 2 amide bonds. The Morgan fingerprint density at radius 3 is 1.96 bits per heavy atom. The van der Waals surface area contributed by atoms with Crippen LogP contribution in [-0.4, -0.2) is 47.8 Å². The molecule has 0 bridgehead atoms. The minimum atomic E-state index is -0.610. The molecule has 0 N–H and O–H groups in total. The maximum absolute atomic E-state index is 14.4. The molecule has 2 aromatic rings. The first kappa shape index (κ1) is 17.1. The van der Waals surface area contributed by atoms with Crippen molar-refractivity contribution in [2.75, 3.05) is 26.2 Å². The molecule has 0 atom stereocenters. The van der Waals surface area contributed by atoms with Crippen LogP contribution in [0.5, 0.6) is 0 Å². The number of nitrogens with zero attached hydrogens (tertiary/aromatic N) is 2. The summed E-state index contributed by atoms with van der Waals surface area (Å²) in [5.41, 5.74) is 1.26. The summed E-state index contributed by atoms with van der Waals surface area (Å²) in [7, 11) is 0. The van der Waals surface area contributed by atoms with Gasteiger partial charge in [-0.1, -0.05) is 18.2 Å². The maximum atomic E-state index is 14.4. The summed E-state index contributed by atoms with van der Waals surface area (Å²) in [5, 5.41) is 0. The molecule has 3 rings (SSSR count). The second-order valence-electron chi connectivity index (χ2n) is 6.00. The molecule has 1 aliphatic heterocycles. The fraction of sp³-hybridized carbons (Fsp3) is 0.263. The van der Waals surface area contributed by atoms with Crippen molar-refractivity contribution >= 4 is 11.8 Å². The van der Waals surface area contributed by atoms with Crippen molar-refractivity contribution < 1.29 is 18.4 Å². The molecule has 1 saturated heterocycles. The van der Waals surface area contributed by atoms with Gasteiger partial charge >= 0.3 is 0 Å². The smallest absolute Gasteiger partial charge is 0.256 e. The van der Waals surface area contributed by atoms with Crippen LogP contribution in [0.3, 0.4) is 0 Å². The Morgan fingerprint density at radius 1 is 0.840 bits per heavy atom. The number of hydrogen-bond donors (Lipinski definition) is 0. The molecule has 1 aliphatic rings. The van der Waals surface area contributed by atoms with Gasteiger partial charge in [-0.15, -0.1) is 0 Å². The Bertz CT molecular complexity index is 798. The first-order valence-electron chi connectivity index (χ1n) is 8.06. The Balaban J connectivity index is 1.76. The molecular weight excluding hydrogens is 326 g/mol. The molecule has 0 unspecified atom stereocenters. The van der Waals surface area contributed by atoms with Crippen LogP contribution in [-0.2, 0) is 4.79 Å². The van der Waals surface area contributed by atoms with Crippen molar-refractivity contribution in [3.05, 3.63) is 59.7 Å². The lowest BCUT2D eigenvalue weighted by Gasteiger charge is -2.34. The summed E-state index contributed by atoms with van der Waals surface area (Å²) >= 11 is 0. The fourth-order valence-electron chi connectivity index (χ4n) is 2.91. The Hall–Kier alpha value is -2.76. The minimum absolute atomic E-state index is 0.00198. The predicted octanol–water partition coefficient (Wildman–Crippen LogP) is 2.94. The van der Waals surface area contributed by atoms with Gasteiger partial charge in [0.2, 0.25) is 5.91 Å². The highest BCUT2D eigenvalue weighted by molar-refractivity contribution is 5.95. The van der Waals surface area contributed by atoms with Crippen molar-refractivity contribution in [2.24, 2.45) is 0 Å². The van der Waals surface area contributed by atoms with Crippen molar-refractivity contribution in [2.45, 2.75) is 6.92 Å². The second kappa shape index (κ2) is 7.01. The standard InChI is InChI=1S/C19H18F2N2O2/c1-13(24)22-8-10-23(11-9-22)19(25)17-7-4-15(12-18(17)21)14-2-5-16(20)6-3-14/h2-7,12H,8-11H2,1H3. The van der Waals surface area contributed by atoms with Crippen LogP contribution >= 0.6 is 0 Å². The topological polar surface area (TPSA) is 40.6 Å². The van der Waals surface area contributed by atoms with Crippen LogP contribution in [0.1, 0.15) is 17.3 Å². The molecule has 4 nitrogen and oxygen atoms in total. The Morgan fingerprint density at radius 2 is 1.40 bits per heavy atom. The molecule has 1 fully saturated rings. The van der Waals surface area contributed by atoms with Gasteiger partial charge in [0.1, 0.15) is 11.6 Å². The summed E-state index contributed by atoms with van der Waals surface area (Å²) < 4.78 is 27.4. The molecule has 6 heteroatoms. The average Bonchev–Trinajstić information content (AvgIpc) is 2.62. The average molecular weight is 344 g/mol. The van der Waals surface area contributed by atoms with Gasteiger partial charge in [-0.2, -0.15) is 0 Å². The van der Waals surface area contributed by atoms with Crippen molar-refractivity contribution in [3.63, 3.8) is 0 Å². The summed E-state index contributed by atoms with van der Waals surface area (Å²) in [6.07, 6.45) is 0. The monoisotopic (exact) mass is 344 g/mol. The molecule has 0 saturated carbocycles. The van der Waals surface area contributed by atoms with E-state index in [1.54, 1.807) is 28.0 Å². The lowest BCUT2D eigenvalue weighted by Crippen LogP contribution is -2.50. The Kier molecular flexibility index (Phi) is 4.79. The number of piperazine rings is 1. The normalized spacial score (nSPS) is 14.5. The molecule has 0 radical (unpaired) electrons. The number of carbonyl (C=O) groups is 2. The van der Waals surface area contributed by atoms with E-state index in [2.05, 4.69) is 0 Å².